The largest absolute Gasteiger partial charge is 0.478 e. The van der Waals surface area contributed by atoms with Crippen molar-refractivity contribution in [2.24, 2.45) is 0 Å². The first-order valence-electron chi connectivity index (χ1n) is 4.99. The minimum absolute atomic E-state index is 0.293. The third-order valence-electron chi connectivity index (χ3n) is 2.52. The predicted octanol–water partition coefficient (Wildman–Crippen LogP) is 2.76. The van der Waals surface area contributed by atoms with Crippen LogP contribution in [0.4, 0.5) is 0 Å². The number of rotatable bonds is 2. The molecule has 1 N–H and O–H groups in total. The third-order valence-corrected chi connectivity index (χ3v) is 3.35. The molecule has 0 amide bonds. The number of nitrogens with zero attached hydrogens (tertiary/aromatic N) is 2. The Bertz CT molecular complexity index is 686. The van der Waals surface area contributed by atoms with Crippen LogP contribution in [0, 0.1) is 0 Å². The van der Waals surface area contributed by atoms with Crippen LogP contribution in [0.25, 0.3) is 16.1 Å². The normalized spacial score (nSPS) is 10.8. The molecule has 0 saturated carbocycles. The maximum absolute atomic E-state index is 10.9. The van der Waals surface area contributed by atoms with Crippen LogP contribution in [0.2, 0.25) is 0 Å². The topological polar surface area (TPSA) is 54.6 Å². The van der Waals surface area contributed by atoms with Gasteiger partial charge in [0, 0.05) is 35.1 Å². The molecule has 4 nitrogen and oxygen atoms in total. The van der Waals surface area contributed by atoms with Crippen LogP contribution in [0.5, 0.6) is 0 Å². The van der Waals surface area contributed by atoms with Crippen molar-refractivity contribution in [1.82, 2.24) is 9.38 Å². The number of pyridine rings is 1. The highest BCUT2D eigenvalue weighted by Crippen LogP contribution is 2.24. The fourth-order valence-electron chi connectivity index (χ4n) is 1.72. The van der Waals surface area contributed by atoms with Crippen LogP contribution in [-0.4, -0.2) is 20.5 Å². The Morgan fingerprint density at radius 3 is 3.00 bits per heavy atom. The van der Waals surface area contributed by atoms with Crippen molar-refractivity contribution < 1.29 is 9.90 Å². The lowest BCUT2D eigenvalue weighted by Crippen LogP contribution is -1.96. The van der Waals surface area contributed by atoms with E-state index in [4.69, 9.17) is 5.11 Å². The molecule has 0 bridgehead atoms. The predicted molar refractivity (Wildman–Crippen MR) is 65.5 cm³/mol. The maximum atomic E-state index is 10.9. The molecule has 17 heavy (non-hydrogen) atoms. The minimum atomic E-state index is -0.913. The van der Waals surface area contributed by atoms with Gasteiger partial charge in [0.2, 0.25) is 0 Å². The van der Waals surface area contributed by atoms with E-state index in [0.29, 0.717) is 5.56 Å². The molecule has 0 saturated heterocycles. The SMILES string of the molecule is O=C(O)c1ccn2cc(-c3nccs3)cc2c1. The van der Waals surface area contributed by atoms with Crippen LogP contribution < -0.4 is 0 Å². The number of fused-ring (bicyclic) bond motifs is 1. The van der Waals surface area contributed by atoms with Gasteiger partial charge < -0.3 is 9.51 Å². The zero-order valence-electron chi connectivity index (χ0n) is 8.70. The van der Waals surface area contributed by atoms with Crippen LogP contribution in [0.15, 0.2) is 42.2 Å². The second-order valence-corrected chi connectivity index (χ2v) is 4.51. The van der Waals surface area contributed by atoms with Crippen LogP contribution >= 0.6 is 11.3 Å². The van der Waals surface area contributed by atoms with E-state index in [1.807, 2.05) is 22.0 Å². The van der Waals surface area contributed by atoms with Gasteiger partial charge in [0.05, 0.1) is 5.56 Å². The third kappa shape index (κ3) is 1.70. The fourth-order valence-corrected chi connectivity index (χ4v) is 2.34. The lowest BCUT2D eigenvalue weighted by molar-refractivity contribution is 0.0697. The van der Waals surface area contributed by atoms with Crippen molar-refractivity contribution >= 4 is 22.8 Å². The van der Waals surface area contributed by atoms with E-state index >= 15 is 0 Å². The second kappa shape index (κ2) is 3.71. The Morgan fingerprint density at radius 1 is 1.41 bits per heavy atom. The van der Waals surface area contributed by atoms with E-state index in [1.165, 1.54) is 0 Å². The van der Waals surface area contributed by atoms with Crippen molar-refractivity contribution in [3.05, 3.63) is 47.7 Å². The van der Waals surface area contributed by atoms with E-state index < -0.39 is 5.97 Å². The number of carboxylic acid groups (broad SMARTS) is 1. The average molecular weight is 244 g/mol. The molecule has 84 valence electrons. The monoisotopic (exact) mass is 244 g/mol. The summed E-state index contributed by atoms with van der Waals surface area (Å²) in [5.74, 6) is -0.913. The molecule has 0 unspecified atom stereocenters. The Kier molecular flexibility index (Phi) is 2.19. The van der Waals surface area contributed by atoms with Gasteiger partial charge in [0.15, 0.2) is 0 Å². The summed E-state index contributed by atoms with van der Waals surface area (Å²) in [5.41, 5.74) is 2.15. The van der Waals surface area contributed by atoms with Gasteiger partial charge in [0.25, 0.3) is 0 Å². The number of aromatic nitrogens is 2. The highest BCUT2D eigenvalue weighted by molar-refractivity contribution is 7.13. The van der Waals surface area contributed by atoms with Gasteiger partial charge in [-0.05, 0) is 18.2 Å². The van der Waals surface area contributed by atoms with E-state index in [2.05, 4.69) is 4.98 Å². The molecule has 0 aliphatic heterocycles. The molecule has 3 heterocycles. The number of hydrogen-bond donors (Lipinski definition) is 1. The molecule has 3 aromatic heterocycles. The summed E-state index contributed by atoms with van der Waals surface area (Å²) < 4.78 is 1.89. The van der Waals surface area contributed by atoms with E-state index in [9.17, 15) is 4.79 Å². The first-order valence-corrected chi connectivity index (χ1v) is 5.87. The molecule has 0 fully saturated rings. The molecule has 0 spiro atoms. The van der Waals surface area contributed by atoms with Crippen LogP contribution in [0.3, 0.4) is 0 Å². The number of carboxylic acids is 1. The minimum Gasteiger partial charge on any atom is -0.478 e. The summed E-state index contributed by atoms with van der Waals surface area (Å²) in [6, 6.07) is 5.17. The van der Waals surface area contributed by atoms with Gasteiger partial charge in [-0.2, -0.15) is 0 Å². The molecule has 3 aromatic rings. The van der Waals surface area contributed by atoms with Gasteiger partial charge in [-0.25, -0.2) is 9.78 Å². The van der Waals surface area contributed by atoms with Gasteiger partial charge >= 0.3 is 5.97 Å². The highest BCUT2D eigenvalue weighted by atomic mass is 32.1. The summed E-state index contributed by atoms with van der Waals surface area (Å²) in [5, 5.41) is 11.8. The van der Waals surface area contributed by atoms with Gasteiger partial charge in [-0.3, -0.25) is 0 Å². The van der Waals surface area contributed by atoms with Gasteiger partial charge in [0.1, 0.15) is 5.01 Å². The number of aromatic carboxylic acids is 1. The standard InChI is InChI=1S/C12H8N2O2S/c15-12(16)8-1-3-14-7-9(6-10(14)5-8)11-13-2-4-17-11/h1-7H,(H,15,16). The number of hydrogen-bond acceptors (Lipinski definition) is 3. The zero-order valence-corrected chi connectivity index (χ0v) is 9.52. The Labute approximate surface area is 101 Å². The molecule has 3 rings (SSSR count). The summed E-state index contributed by atoms with van der Waals surface area (Å²) in [6.45, 7) is 0. The summed E-state index contributed by atoms with van der Waals surface area (Å²) in [7, 11) is 0. The quantitative estimate of drug-likeness (QED) is 0.754. The van der Waals surface area contributed by atoms with Crippen molar-refractivity contribution in [2.75, 3.05) is 0 Å². The molecular formula is C12H8N2O2S. The molecular weight excluding hydrogens is 236 g/mol. The van der Waals surface area contributed by atoms with Crippen molar-refractivity contribution in [3.63, 3.8) is 0 Å². The molecule has 0 atom stereocenters. The van der Waals surface area contributed by atoms with Crippen LogP contribution in [-0.2, 0) is 0 Å². The summed E-state index contributed by atoms with van der Waals surface area (Å²) in [4.78, 5) is 15.1. The van der Waals surface area contributed by atoms with Crippen molar-refractivity contribution in [2.45, 2.75) is 0 Å². The smallest absolute Gasteiger partial charge is 0.335 e. The Morgan fingerprint density at radius 2 is 2.29 bits per heavy atom. The first kappa shape index (κ1) is 10.0. The second-order valence-electron chi connectivity index (χ2n) is 3.62. The van der Waals surface area contributed by atoms with Gasteiger partial charge in [-0.15, -0.1) is 11.3 Å². The lowest BCUT2D eigenvalue weighted by atomic mass is 10.2. The van der Waals surface area contributed by atoms with Crippen molar-refractivity contribution in [1.29, 1.82) is 0 Å². The summed E-state index contributed by atoms with van der Waals surface area (Å²) in [6.07, 6.45) is 5.45. The van der Waals surface area contributed by atoms with Crippen molar-refractivity contribution in [3.8, 4) is 10.6 Å². The number of thiazole rings is 1. The maximum Gasteiger partial charge on any atom is 0.335 e. The molecule has 5 heteroatoms. The first-order chi connectivity index (χ1) is 8.24. The van der Waals surface area contributed by atoms with E-state index in [0.717, 1.165) is 16.1 Å². The Balaban J connectivity index is 2.16. The highest BCUT2D eigenvalue weighted by Gasteiger charge is 2.07. The molecule has 0 aliphatic carbocycles. The number of carbonyl (C=O) groups is 1. The zero-order chi connectivity index (χ0) is 11.8. The van der Waals surface area contributed by atoms with Crippen LogP contribution in [0.1, 0.15) is 10.4 Å². The molecule has 0 aromatic carbocycles. The fraction of sp³-hybridized carbons (Fsp3) is 0. The molecule has 0 radical (unpaired) electrons. The van der Waals surface area contributed by atoms with Gasteiger partial charge in [-0.1, -0.05) is 0 Å². The Hall–Kier alpha value is -2.14. The van der Waals surface area contributed by atoms with E-state index in [1.54, 1.807) is 35.9 Å². The van der Waals surface area contributed by atoms with E-state index in [-0.39, 0.29) is 0 Å². The lowest BCUT2D eigenvalue weighted by Gasteiger charge is -1.95. The average Bonchev–Trinajstić information content (AvgIpc) is 2.96. The summed E-state index contributed by atoms with van der Waals surface area (Å²) >= 11 is 1.56. The molecule has 0 aliphatic rings.